The Balaban J connectivity index is 1.79. The summed E-state index contributed by atoms with van der Waals surface area (Å²) in [6.45, 7) is 8.05. The zero-order valence-electron chi connectivity index (χ0n) is 9.63. The van der Waals surface area contributed by atoms with Crippen molar-refractivity contribution in [2.75, 3.05) is 13.1 Å². The quantitative estimate of drug-likeness (QED) is 0.753. The van der Waals surface area contributed by atoms with Crippen LogP contribution in [0.1, 0.15) is 26.7 Å². The van der Waals surface area contributed by atoms with Crippen molar-refractivity contribution in [3.05, 3.63) is 12.7 Å². The van der Waals surface area contributed by atoms with Gasteiger partial charge in [-0.3, -0.25) is 4.68 Å². The van der Waals surface area contributed by atoms with E-state index in [-0.39, 0.29) is 0 Å². The molecule has 1 aliphatic rings. The van der Waals surface area contributed by atoms with Gasteiger partial charge in [0.1, 0.15) is 12.7 Å². The summed E-state index contributed by atoms with van der Waals surface area (Å²) < 4.78 is 1.95. The minimum absolute atomic E-state index is 0.692. The normalized spacial score (nSPS) is 19.9. The monoisotopic (exact) mass is 208 g/mol. The van der Waals surface area contributed by atoms with E-state index in [2.05, 4.69) is 28.8 Å². The molecule has 2 heterocycles. The topological polar surface area (TPSA) is 34.0 Å². The van der Waals surface area contributed by atoms with Crippen molar-refractivity contribution in [3.8, 4) is 0 Å². The molecular weight excluding hydrogens is 188 g/mol. The second kappa shape index (κ2) is 4.75. The van der Waals surface area contributed by atoms with Crippen molar-refractivity contribution in [2.45, 2.75) is 39.3 Å². The summed E-state index contributed by atoms with van der Waals surface area (Å²) in [5, 5.41) is 4.16. The smallest absolute Gasteiger partial charge is 0.137 e. The molecule has 0 atom stereocenters. The summed E-state index contributed by atoms with van der Waals surface area (Å²) in [6.07, 6.45) is 6.01. The third-order valence-corrected chi connectivity index (χ3v) is 3.29. The fourth-order valence-corrected chi connectivity index (χ4v) is 2.24. The van der Waals surface area contributed by atoms with Gasteiger partial charge in [-0.2, -0.15) is 5.10 Å². The van der Waals surface area contributed by atoms with Crippen LogP contribution in [0.3, 0.4) is 0 Å². The van der Waals surface area contributed by atoms with E-state index in [9.17, 15) is 0 Å². The van der Waals surface area contributed by atoms with Crippen LogP contribution in [0.25, 0.3) is 0 Å². The maximum atomic E-state index is 4.16. The highest BCUT2D eigenvalue weighted by atomic mass is 15.3. The van der Waals surface area contributed by atoms with Crippen LogP contribution < -0.4 is 0 Å². The number of hydrogen-bond donors (Lipinski definition) is 0. The maximum Gasteiger partial charge on any atom is 0.137 e. The van der Waals surface area contributed by atoms with Gasteiger partial charge in [0, 0.05) is 12.6 Å². The molecule has 0 aromatic carbocycles. The number of nitrogens with zero attached hydrogens (tertiary/aromatic N) is 4. The van der Waals surface area contributed by atoms with Gasteiger partial charge in [0.05, 0.1) is 0 Å². The zero-order chi connectivity index (χ0) is 10.7. The molecule has 84 valence electrons. The number of likely N-dealkylation sites (tertiary alicyclic amines) is 1. The molecule has 2 rings (SSSR count). The minimum atomic E-state index is 0.692. The molecule has 1 saturated heterocycles. The lowest BCUT2D eigenvalue weighted by Crippen LogP contribution is -2.39. The lowest BCUT2D eigenvalue weighted by molar-refractivity contribution is 0.140. The van der Waals surface area contributed by atoms with Gasteiger partial charge >= 0.3 is 0 Å². The van der Waals surface area contributed by atoms with E-state index in [1.165, 1.54) is 25.9 Å². The third kappa shape index (κ3) is 2.78. The Bertz CT molecular complexity index is 273. The van der Waals surface area contributed by atoms with Gasteiger partial charge in [-0.15, -0.1) is 0 Å². The maximum absolute atomic E-state index is 4.16. The molecule has 1 aromatic heterocycles. The van der Waals surface area contributed by atoms with Gasteiger partial charge in [0.2, 0.25) is 0 Å². The van der Waals surface area contributed by atoms with Crippen molar-refractivity contribution < 1.29 is 0 Å². The van der Waals surface area contributed by atoms with Gasteiger partial charge in [-0.1, -0.05) is 0 Å². The lowest BCUT2D eigenvalue weighted by Gasteiger charge is -2.34. The lowest BCUT2D eigenvalue weighted by atomic mass is 9.96. The fraction of sp³-hybridized carbons (Fsp3) is 0.818. The van der Waals surface area contributed by atoms with Crippen LogP contribution in [0.15, 0.2) is 12.7 Å². The van der Waals surface area contributed by atoms with Gasteiger partial charge in [0.25, 0.3) is 0 Å². The van der Waals surface area contributed by atoms with Crippen molar-refractivity contribution in [2.24, 2.45) is 5.92 Å². The van der Waals surface area contributed by atoms with Gasteiger partial charge in [-0.25, -0.2) is 4.98 Å². The van der Waals surface area contributed by atoms with E-state index < -0.39 is 0 Å². The fourth-order valence-electron chi connectivity index (χ4n) is 2.24. The number of rotatable bonds is 3. The number of hydrogen-bond acceptors (Lipinski definition) is 3. The first kappa shape index (κ1) is 10.6. The minimum Gasteiger partial charge on any atom is -0.301 e. The van der Waals surface area contributed by atoms with E-state index in [4.69, 9.17) is 0 Å². The first-order valence-corrected chi connectivity index (χ1v) is 5.82. The van der Waals surface area contributed by atoms with E-state index >= 15 is 0 Å². The van der Waals surface area contributed by atoms with Crippen LogP contribution in [0.2, 0.25) is 0 Å². The Kier molecular flexibility index (Phi) is 3.36. The van der Waals surface area contributed by atoms with Crippen molar-refractivity contribution in [1.29, 1.82) is 0 Å². The summed E-state index contributed by atoms with van der Waals surface area (Å²) in [5.41, 5.74) is 0. The highest BCUT2D eigenvalue weighted by molar-refractivity contribution is 4.74. The Morgan fingerprint density at radius 3 is 2.60 bits per heavy atom. The summed E-state index contributed by atoms with van der Waals surface area (Å²) in [5.74, 6) is 0.779. The standard InChI is InChI=1S/C11H20N4/c1-10(2)14-5-3-11(4-6-14)7-15-9-12-8-13-15/h8-11H,3-7H2,1-2H3. The predicted octanol–water partition coefficient (Wildman–Crippen LogP) is 1.40. The molecular formula is C11H20N4. The first-order valence-electron chi connectivity index (χ1n) is 5.82. The molecule has 1 aromatic rings. The molecule has 4 heteroatoms. The molecule has 4 nitrogen and oxygen atoms in total. The molecule has 0 aliphatic carbocycles. The molecule has 0 spiro atoms. The average molecular weight is 208 g/mol. The number of aromatic nitrogens is 3. The molecule has 1 aliphatic heterocycles. The highest BCUT2D eigenvalue weighted by Gasteiger charge is 2.20. The summed E-state index contributed by atoms with van der Waals surface area (Å²) in [6, 6.07) is 0.692. The van der Waals surface area contributed by atoms with Crippen LogP contribution in [0.4, 0.5) is 0 Å². The Morgan fingerprint density at radius 2 is 2.07 bits per heavy atom. The third-order valence-electron chi connectivity index (χ3n) is 3.29. The van der Waals surface area contributed by atoms with Crippen LogP contribution in [0.5, 0.6) is 0 Å². The molecule has 0 bridgehead atoms. The summed E-state index contributed by atoms with van der Waals surface area (Å²) in [4.78, 5) is 6.53. The summed E-state index contributed by atoms with van der Waals surface area (Å²) in [7, 11) is 0. The molecule has 0 N–H and O–H groups in total. The average Bonchev–Trinajstić information content (AvgIpc) is 2.71. The van der Waals surface area contributed by atoms with E-state index in [0.29, 0.717) is 6.04 Å². The number of piperidine rings is 1. The van der Waals surface area contributed by atoms with Crippen molar-refractivity contribution in [3.63, 3.8) is 0 Å². The van der Waals surface area contributed by atoms with E-state index in [0.717, 1.165) is 12.5 Å². The van der Waals surface area contributed by atoms with Crippen molar-refractivity contribution in [1.82, 2.24) is 19.7 Å². The van der Waals surface area contributed by atoms with E-state index in [1.54, 1.807) is 6.33 Å². The van der Waals surface area contributed by atoms with Crippen molar-refractivity contribution >= 4 is 0 Å². The Morgan fingerprint density at radius 1 is 1.33 bits per heavy atom. The summed E-state index contributed by atoms with van der Waals surface area (Å²) >= 11 is 0. The molecule has 0 radical (unpaired) electrons. The molecule has 1 fully saturated rings. The Labute approximate surface area is 91.3 Å². The second-order valence-electron chi connectivity index (χ2n) is 4.69. The van der Waals surface area contributed by atoms with Crippen LogP contribution in [-0.4, -0.2) is 38.8 Å². The first-order chi connectivity index (χ1) is 7.25. The predicted molar refractivity (Wildman–Crippen MR) is 59.5 cm³/mol. The van der Waals surface area contributed by atoms with Crippen LogP contribution in [-0.2, 0) is 6.54 Å². The zero-order valence-corrected chi connectivity index (χ0v) is 9.63. The van der Waals surface area contributed by atoms with Crippen LogP contribution in [0, 0.1) is 5.92 Å². The molecule has 15 heavy (non-hydrogen) atoms. The second-order valence-corrected chi connectivity index (χ2v) is 4.69. The molecule has 0 unspecified atom stereocenters. The van der Waals surface area contributed by atoms with Crippen LogP contribution >= 0.6 is 0 Å². The van der Waals surface area contributed by atoms with Gasteiger partial charge in [0.15, 0.2) is 0 Å². The highest BCUT2D eigenvalue weighted by Crippen LogP contribution is 2.19. The Hall–Kier alpha value is -0.900. The molecule has 0 amide bonds. The molecule has 0 saturated carbocycles. The largest absolute Gasteiger partial charge is 0.301 e. The van der Waals surface area contributed by atoms with Gasteiger partial charge < -0.3 is 4.90 Å². The SMILES string of the molecule is CC(C)N1CCC(Cn2cncn2)CC1. The van der Waals surface area contributed by atoms with Gasteiger partial charge in [-0.05, 0) is 45.7 Å². The van der Waals surface area contributed by atoms with E-state index in [1.807, 2.05) is 11.0 Å².